The molecular weight excluding hydrogens is 503 g/mol. The van der Waals surface area contributed by atoms with E-state index in [4.69, 9.17) is 27.9 Å². The van der Waals surface area contributed by atoms with Gasteiger partial charge in [-0.3, -0.25) is 9.59 Å². The van der Waals surface area contributed by atoms with Gasteiger partial charge in [0.2, 0.25) is 0 Å². The van der Waals surface area contributed by atoms with E-state index < -0.39 is 0 Å². The first-order valence-electron chi connectivity index (χ1n) is 9.89. The quantitative estimate of drug-likeness (QED) is 0.298. The van der Waals surface area contributed by atoms with Crippen LogP contribution in [0.3, 0.4) is 0 Å². The van der Waals surface area contributed by atoms with Crippen molar-refractivity contribution in [2.45, 2.75) is 13.0 Å². The molecule has 5 rings (SSSR count). The fraction of sp³-hybridized carbons (Fsp3) is 0.261. The van der Waals surface area contributed by atoms with Gasteiger partial charge in [-0.25, -0.2) is 0 Å². The highest BCUT2D eigenvalue weighted by Crippen LogP contribution is 2.52. The average molecular weight is 520 g/mol. The second-order valence-electron chi connectivity index (χ2n) is 7.92. The van der Waals surface area contributed by atoms with Gasteiger partial charge in [0.15, 0.2) is 0 Å². The molecule has 0 aromatic heterocycles. The predicted molar refractivity (Wildman–Crippen MR) is 122 cm³/mol. The van der Waals surface area contributed by atoms with Crippen LogP contribution in [-0.4, -0.2) is 23.0 Å². The highest BCUT2D eigenvalue weighted by atomic mass is 79.9. The van der Waals surface area contributed by atoms with Gasteiger partial charge in [0.05, 0.1) is 22.5 Å². The molecule has 1 aliphatic heterocycles. The van der Waals surface area contributed by atoms with Crippen molar-refractivity contribution < 1.29 is 14.3 Å². The normalized spacial score (nSPS) is 26.4. The van der Waals surface area contributed by atoms with Crippen LogP contribution in [0.4, 0.5) is 0 Å². The predicted octanol–water partition coefficient (Wildman–Crippen LogP) is 5.48. The number of rotatable bonds is 5. The minimum absolute atomic E-state index is 0.140. The van der Waals surface area contributed by atoms with Crippen LogP contribution < -0.4 is 4.74 Å². The number of fused-ring (bicyclic) bond motifs is 5. The second kappa shape index (κ2) is 8.08. The van der Waals surface area contributed by atoms with E-state index in [1.54, 1.807) is 18.2 Å². The molecule has 2 amide bonds. The number of imide groups is 1. The molecule has 1 saturated heterocycles. The van der Waals surface area contributed by atoms with Gasteiger partial charge < -0.3 is 4.74 Å². The summed E-state index contributed by atoms with van der Waals surface area (Å²) in [4.78, 5) is 25.7. The smallest absolute Gasteiger partial charge is 0.254 e. The second-order valence-corrected chi connectivity index (χ2v) is 9.62. The Morgan fingerprint density at radius 1 is 1.10 bits per heavy atom. The molecule has 5 nitrogen and oxygen atoms in total. The summed E-state index contributed by atoms with van der Waals surface area (Å²) in [6.45, 7) is 0.238. The average Bonchev–Trinajstić information content (AvgIpc) is 3.41. The summed E-state index contributed by atoms with van der Waals surface area (Å²) in [5.74, 6) is -0.272. The Kier molecular flexibility index (Phi) is 5.40. The van der Waals surface area contributed by atoms with E-state index in [9.17, 15) is 9.59 Å². The van der Waals surface area contributed by atoms with Gasteiger partial charge in [0.25, 0.3) is 11.8 Å². The molecule has 2 aromatic carbocycles. The summed E-state index contributed by atoms with van der Waals surface area (Å²) in [5.41, 5.74) is 1.37. The summed E-state index contributed by atoms with van der Waals surface area (Å²) in [6.07, 6.45) is 6.44. The largest absolute Gasteiger partial charge is 0.487 e. The molecule has 2 aliphatic carbocycles. The van der Waals surface area contributed by atoms with Crippen molar-refractivity contribution in [2.75, 3.05) is 0 Å². The fourth-order valence-corrected chi connectivity index (χ4v) is 5.85. The number of halogens is 3. The van der Waals surface area contributed by atoms with Gasteiger partial charge >= 0.3 is 0 Å². The van der Waals surface area contributed by atoms with E-state index in [0.29, 0.717) is 25.8 Å². The number of carbonyl (C=O) groups is 2. The Morgan fingerprint density at radius 2 is 1.77 bits per heavy atom. The number of nitrogens with zero attached hydrogens (tertiary/aromatic N) is 2. The Balaban J connectivity index is 1.40. The van der Waals surface area contributed by atoms with Gasteiger partial charge in [-0.15, -0.1) is 0 Å². The molecule has 4 atom stereocenters. The maximum absolute atomic E-state index is 12.9. The zero-order chi connectivity index (χ0) is 21.7. The van der Waals surface area contributed by atoms with Crippen LogP contribution in [0, 0.1) is 23.7 Å². The first kappa shape index (κ1) is 20.7. The molecule has 1 saturated carbocycles. The molecule has 1 heterocycles. The van der Waals surface area contributed by atoms with E-state index in [2.05, 4.69) is 33.2 Å². The highest BCUT2D eigenvalue weighted by molar-refractivity contribution is 9.10. The number of allylic oxidation sites excluding steroid dienone is 2. The lowest BCUT2D eigenvalue weighted by molar-refractivity contribution is -0.140. The third kappa shape index (κ3) is 3.60. The number of hydrogen-bond acceptors (Lipinski definition) is 4. The van der Waals surface area contributed by atoms with Crippen molar-refractivity contribution in [1.82, 2.24) is 5.01 Å². The highest BCUT2D eigenvalue weighted by Gasteiger charge is 2.59. The van der Waals surface area contributed by atoms with E-state index in [1.165, 1.54) is 6.21 Å². The van der Waals surface area contributed by atoms with Gasteiger partial charge in [0.1, 0.15) is 12.4 Å². The monoisotopic (exact) mass is 518 g/mol. The molecule has 2 fully saturated rings. The van der Waals surface area contributed by atoms with E-state index >= 15 is 0 Å². The topological polar surface area (TPSA) is 59.0 Å². The molecule has 0 spiro atoms. The molecule has 0 radical (unpaired) electrons. The van der Waals surface area contributed by atoms with E-state index in [-0.39, 0.29) is 42.1 Å². The molecule has 2 aromatic rings. The van der Waals surface area contributed by atoms with Crippen molar-refractivity contribution in [3.8, 4) is 5.75 Å². The first-order chi connectivity index (χ1) is 14.9. The molecular formula is C23H17BrCl2N2O3. The first-order valence-corrected chi connectivity index (χ1v) is 11.4. The SMILES string of the molecule is O=C1[C@@H]2[C@H](C(=O)N1N=Cc1cc(Cl)cc(Br)c1OCc1ccccc1Cl)[C@H]1C=C[C@H]2C1. The van der Waals surface area contributed by atoms with Gasteiger partial charge in [-0.05, 0) is 52.4 Å². The molecule has 158 valence electrons. The van der Waals surface area contributed by atoms with Crippen LogP contribution in [-0.2, 0) is 16.2 Å². The number of ether oxygens (including phenoxy) is 1. The van der Waals surface area contributed by atoms with Crippen molar-refractivity contribution in [3.05, 3.63) is 74.2 Å². The lowest BCUT2D eigenvalue weighted by Crippen LogP contribution is -2.28. The van der Waals surface area contributed by atoms with Crippen LogP contribution in [0.5, 0.6) is 5.75 Å². The van der Waals surface area contributed by atoms with E-state index in [0.717, 1.165) is 17.0 Å². The third-order valence-electron chi connectivity index (χ3n) is 6.13. The zero-order valence-corrected chi connectivity index (χ0v) is 19.3. The maximum Gasteiger partial charge on any atom is 0.254 e. The Morgan fingerprint density at radius 3 is 2.45 bits per heavy atom. The number of hydrazone groups is 1. The number of hydrogen-bond donors (Lipinski definition) is 0. The number of amides is 2. The van der Waals surface area contributed by atoms with Crippen LogP contribution in [0.25, 0.3) is 0 Å². The Hall–Kier alpha value is -2.15. The maximum atomic E-state index is 12.9. The van der Waals surface area contributed by atoms with Crippen LogP contribution in [0.2, 0.25) is 10.0 Å². The number of carbonyl (C=O) groups excluding carboxylic acids is 2. The molecule has 0 N–H and O–H groups in total. The summed E-state index contributed by atoms with van der Waals surface area (Å²) in [6, 6.07) is 10.8. The van der Waals surface area contributed by atoms with Crippen LogP contribution in [0.1, 0.15) is 17.5 Å². The molecule has 8 heteroatoms. The lowest BCUT2D eigenvalue weighted by atomic mass is 9.85. The van der Waals surface area contributed by atoms with Crippen LogP contribution in [0.15, 0.2) is 58.1 Å². The summed E-state index contributed by atoms with van der Waals surface area (Å²) < 4.78 is 6.63. The lowest BCUT2D eigenvalue weighted by Gasteiger charge is -2.14. The summed E-state index contributed by atoms with van der Waals surface area (Å²) in [5, 5.41) is 6.33. The standard InChI is InChI=1S/C23H17BrCl2N2O3/c24-17-9-16(25)8-15(21(17)31-11-14-3-1-2-4-18(14)26)10-27-28-22(29)19-12-5-6-13(7-12)20(19)23(28)30/h1-6,8-10,12-13,19-20H,7,11H2/t12-,13-,19-,20+/m0/s1. The molecule has 31 heavy (non-hydrogen) atoms. The minimum atomic E-state index is -0.290. The van der Waals surface area contributed by atoms with Crippen molar-refractivity contribution in [3.63, 3.8) is 0 Å². The fourth-order valence-electron chi connectivity index (χ4n) is 4.71. The third-order valence-corrected chi connectivity index (χ3v) is 7.30. The molecule has 2 bridgehead atoms. The molecule has 3 aliphatic rings. The van der Waals surface area contributed by atoms with Crippen molar-refractivity contribution in [1.29, 1.82) is 0 Å². The minimum Gasteiger partial charge on any atom is -0.487 e. The van der Waals surface area contributed by atoms with E-state index in [1.807, 2.05) is 18.2 Å². The summed E-state index contributed by atoms with van der Waals surface area (Å²) in [7, 11) is 0. The molecule has 0 unspecified atom stereocenters. The number of benzene rings is 2. The zero-order valence-electron chi connectivity index (χ0n) is 16.2. The summed E-state index contributed by atoms with van der Waals surface area (Å²) >= 11 is 15.9. The van der Waals surface area contributed by atoms with Gasteiger partial charge in [-0.2, -0.15) is 10.1 Å². The van der Waals surface area contributed by atoms with Crippen LogP contribution >= 0.6 is 39.1 Å². The van der Waals surface area contributed by atoms with Gasteiger partial charge in [0, 0.05) is 21.2 Å². The van der Waals surface area contributed by atoms with Gasteiger partial charge in [-0.1, -0.05) is 53.6 Å². The Labute approximate surface area is 197 Å². The van der Waals surface area contributed by atoms with Crippen molar-refractivity contribution >= 4 is 57.2 Å². The van der Waals surface area contributed by atoms with Crippen molar-refractivity contribution in [2.24, 2.45) is 28.8 Å². The Bertz CT molecular complexity index is 1120.